The van der Waals surface area contributed by atoms with Crippen LogP contribution in [0.5, 0.6) is 0 Å². The van der Waals surface area contributed by atoms with Crippen molar-refractivity contribution >= 4 is 0 Å². The van der Waals surface area contributed by atoms with Crippen molar-refractivity contribution in [3.63, 3.8) is 0 Å². The summed E-state index contributed by atoms with van der Waals surface area (Å²) in [6, 6.07) is 0. The molecular formula is C12H24O. The smallest absolute Gasteiger partial charge is 0.0673 e. The van der Waals surface area contributed by atoms with Gasteiger partial charge in [-0.15, -0.1) is 0 Å². The van der Waals surface area contributed by atoms with E-state index < -0.39 is 0 Å². The lowest BCUT2D eigenvalue weighted by Crippen LogP contribution is -2.42. The molecule has 1 nitrogen and oxygen atoms in total. The summed E-state index contributed by atoms with van der Waals surface area (Å²) in [6.07, 6.45) is 4.44. The molecule has 13 heavy (non-hydrogen) atoms. The summed E-state index contributed by atoms with van der Waals surface area (Å²) in [5.41, 5.74) is -0.368. The van der Waals surface area contributed by atoms with Gasteiger partial charge in [0, 0.05) is 0 Å². The van der Waals surface area contributed by atoms with Crippen molar-refractivity contribution in [3.05, 3.63) is 0 Å². The summed E-state index contributed by atoms with van der Waals surface area (Å²) in [7, 11) is 0. The van der Waals surface area contributed by atoms with Crippen LogP contribution >= 0.6 is 0 Å². The molecule has 1 aliphatic rings. The van der Waals surface area contributed by atoms with E-state index in [0.717, 1.165) is 24.7 Å². The largest absolute Gasteiger partial charge is 0.390 e. The Morgan fingerprint density at radius 1 is 1.38 bits per heavy atom. The SMILES string of the molecule is CC[C@]1(O)C[C@H](C(C)C)CC[C@H]1C. The Balaban J connectivity index is 2.63. The quantitative estimate of drug-likeness (QED) is 0.698. The van der Waals surface area contributed by atoms with E-state index in [2.05, 4.69) is 27.7 Å². The Bertz CT molecular complexity index is 165. The molecule has 1 heteroatoms. The molecule has 1 rings (SSSR count). The van der Waals surface area contributed by atoms with Crippen LogP contribution in [0.15, 0.2) is 0 Å². The Kier molecular flexibility index (Phi) is 3.39. The molecule has 0 radical (unpaired) electrons. The van der Waals surface area contributed by atoms with Crippen molar-refractivity contribution in [2.75, 3.05) is 0 Å². The predicted octanol–water partition coefficient (Wildman–Crippen LogP) is 3.22. The topological polar surface area (TPSA) is 20.2 Å². The van der Waals surface area contributed by atoms with Crippen LogP contribution in [0.4, 0.5) is 0 Å². The fourth-order valence-corrected chi connectivity index (χ4v) is 2.55. The molecule has 0 bridgehead atoms. The molecule has 3 atom stereocenters. The molecule has 0 heterocycles. The van der Waals surface area contributed by atoms with Gasteiger partial charge in [0.2, 0.25) is 0 Å². The third-order valence-electron chi connectivity index (χ3n) is 4.06. The van der Waals surface area contributed by atoms with E-state index in [1.165, 1.54) is 12.8 Å². The van der Waals surface area contributed by atoms with Gasteiger partial charge in [-0.2, -0.15) is 0 Å². The minimum atomic E-state index is -0.368. The molecular weight excluding hydrogens is 160 g/mol. The Morgan fingerprint density at radius 3 is 2.46 bits per heavy atom. The third-order valence-corrected chi connectivity index (χ3v) is 4.06. The van der Waals surface area contributed by atoms with E-state index in [-0.39, 0.29) is 5.60 Å². The lowest BCUT2D eigenvalue weighted by Gasteiger charge is -2.42. The Hall–Kier alpha value is -0.0400. The zero-order valence-corrected chi connectivity index (χ0v) is 9.51. The van der Waals surface area contributed by atoms with Gasteiger partial charge in [0.05, 0.1) is 5.60 Å². The number of hydrogen-bond donors (Lipinski definition) is 1. The van der Waals surface area contributed by atoms with E-state index in [4.69, 9.17) is 0 Å². The van der Waals surface area contributed by atoms with E-state index in [0.29, 0.717) is 5.92 Å². The summed E-state index contributed by atoms with van der Waals surface area (Å²) in [4.78, 5) is 0. The summed E-state index contributed by atoms with van der Waals surface area (Å²) >= 11 is 0. The lowest BCUT2D eigenvalue weighted by atomic mass is 9.67. The molecule has 78 valence electrons. The second-order valence-electron chi connectivity index (χ2n) is 5.14. The molecule has 0 saturated heterocycles. The highest BCUT2D eigenvalue weighted by Crippen LogP contribution is 2.41. The van der Waals surface area contributed by atoms with Gasteiger partial charge in [-0.1, -0.05) is 27.7 Å². The van der Waals surface area contributed by atoms with E-state index >= 15 is 0 Å². The zero-order valence-electron chi connectivity index (χ0n) is 9.51. The highest BCUT2D eigenvalue weighted by atomic mass is 16.3. The number of rotatable bonds is 2. The Morgan fingerprint density at radius 2 is 2.00 bits per heavy atom. The summed E-state index contributed by atoms with van der Waals surface area (Å²) in [5.74, 6) is 1.96. The van der Waals surface area contributed by atoms with Gasteiger partial charge in [-0.25, -0.2) is 0 Å². The van der Waals surface area contributed by atoms with Gasteiger partial charge in [0.25, 0.3) is 0 Å². The predicted molar refractivity (Wildman–Crippen MR) is 56.6 cm³/mol. The minimum Gasteiger partial charge on any atom is -0.390 e. The fraction of sp³-hybridized carbons (Fsp3) is 1.00. The second kappa shape index (κ2) is 4.00. The molecule has 1 aliphatic carbocycles. The minimum absolute atomic E-state index is 0.368. The molecule has 1 N–H and O–H groups in total. The van der Waals surface area contributed by atoms with Crippen molar-refractivity contribution < 1.29 is 5.11 Å². The standard InChI is InChI=1S/C12H24O/c1-5-12(13)8-11(9(2)3)7-6-10(12)4/h9-11,13H,5-8H2,1-4H3/t10-,11-,12+/m1/s1. The van der Waals surface area contributed by atoms with E-state index in [9.17, 15) is 5.11 Å². The zero-order chi connectivity index (χ0) is 10.1. The maximum atomic E-state index is 10.4. The first-order chi connectivity index (χ1) is 5.99. The molecule has 0 aliphatic heterocycles. The van der Waals surface area contributed by atoms with Crippen LogP contribution in [-0.4, -0.2) is 10.7 Å². The maximum absolute atomic E-state index is 10.4. The first kappa shape index (κ1) is 11.0. The van der Waals surface area contributed by atoms with Gasteiger partial charge in [-0.3, -0.25) is 0 Å². The molecule has 1 fully saturated rings. The van der Waals surface area contributed by atoms with Crippen LogP contribution in [0.25, 0.3) is 0 Å². The maximum Gasteiger partial charge on any atom is 0.0673 e. The number of hydrogen-bond acceptors (Lipinski definition) is 1. The van der Waals surface area contributed by atoms with E-state index in [1.807, 2.05) is 0 Å². The molecule has 0 aromatic rings. The normalized spacial score (nSPS) is 41.1. The lowest BCUT2D eigenvalue weighted by molar-refractivity contribution is -0.0688. The third kappa shape index (κ3) is 2.25. The molecule has 0 amide bonds. The summed E-state index contributed by atoms with van der Waals surface area (Å²) in [5, 5.41) is 10.4. The molecule has 0 spiro atoms. The monoisotopic (exact) mass is 184 g/mol. The van der Waals surface area contributed by atoms with Crippen LogP contribution in [0.2, 0.25) is 0 Å². The van der Waals surface area contributed by atoms with Crippen molar-refractivity contribution in [2.45, 2.75) is 59.0 Å². The van der Waals surface area contributed by atoms with Crippen molar-refractivity contribution in [1.29, 1.82) is 0 Å². The Labute approximate surface area is 82.5 Å². The van der Waals surface area contributed by atoms with Crippen LogP contribution in [0, 0.1) is 17.8 Å². The molecule has 0 aromatic heterocycles. The average Bonchev–Trinajstić information content (AvgIpc) is 2.09. The summed E-state index contributed by atoms with van der Waals surface area (Å²) in [6.45, 7) is 8.85. The highest BCUT2D eigenvalue weighted by Gasteiger charge is 2.39. The molecule has 0 aromatic carbocycles. The summed E-state index contributed by atoms with van der Waals surface area (Å²) < 4.78 is 0. The highest BCUT2D eigenvalue weighted by molar-refractivity contribution is 4.90. The van der Waals surface area contributed by atoms with Gasteiger partial charge < -0.3 is 5.11 Å². The fourth-order valence-electron chi connectivity index (χ4n) is 2.55. The van der Waals surface area contributed by atoms with Crippen molar-refractivity contribution in [1.82, 2.24) is 0 Å². The van der Waals surface area contributed by atoms with Crippen LogP contribution < -0.4 is 0 Å². The van der Waals surface area contributed by atoms with Gasteiger partial charge in [-0.05, 0) is 43.4 Å². The van der Waals surface area contributed by atoms with Crippen molar-refractivity contribution in [3.8, 4) is 0 Å². The number of aliphatic hydroxyl groups is 1. The average molecular weight is 184 g/mol. The van der Waals surface area contributed by atoms with Gasteiger partial charge in [0.1, 0.15) is 0 Å². The van der Waals surface area contributed by atoms with Crippen LogP contribution in [0.1, 0.15) is 53.4 Å². The molecule has 0 unspecified atom stereocenters. The van der Waals surface area contributed by atoms with Crippen LogP contribution in [0.3, 0.4) is 0 Å². The first-order valence-corrected chi connectivity index (χ1v) is 5.72. The van der Waals surface area contributed by atoms with Crippen molar-refractivity contribution in [2.24, 2.45) is 17.8 Å². The van der Waals surface area contributed by atoms with Gasteiger partial charge >= 0.3 is 0 Å². The van der Waals surface area contributed by atoms with E-state index in [1.54, 1.807) is 0 Å². The first-order valence-electron chi connectivity index (χ1n) is 5.72. The second-order valence-corrected chi connectivity index (χ2v) is 5.14. The van der Waals surface area contributed by atoms with Gasteiger partial charge in [0.15, 0.2) is 0 Å². The van der Waals surface area contributed by atoms with Crippen LogP contribution in [-0.2, 0) is 0 Å². The molecule has 1 saturated carbocycles.